The van der Waals surface area contributed by atoms with Gasteiger partial charge in [-0.3, -0.25) is 34.4 Å². The number of methoxy groups -OCH3 is 1. The van der Waals surface area contributed by atoms with Crippen LogP contribution in [0.5, 0.6) is 5.75 Å². The Hall–Kier alpha value is -5.77. The van der Waals surface area contributed by atoms with Crippen molar-refractivity contribution in [1.29, 1.82) is 0 Å². The molecule has 4 amide bonds. The Morgan fingerprint density at radius 3 is 2.49 bits per heavy atom. The Morgan fingerprint density at radius 2 is 1.75 bits per heavy atom. The maximum atomic E-state index is 13.2. The van der Waals surface area contributed by atoms with Gasteiger partial charge in [0.1, 0.15) is 17.1 Å². The maximum absolute atomic E-state index is 13.2. The molecular weight excluding hydrogens is 715 g/mol. The Balaban J connectivity index is 0.867. The number of para-hydroxylation sites is 1. The van der Waals surface area contributed by atoms with Crippen molar-refractivity contribution in [2.24, 2.45) is 5.92 Å². The average Bonchev–Trinajstić information content (AvgIpc) is 3.60. The van der Waals surface area contributed by atoms with Gasteiger partial charge in [-0.25, -0.2) is 9.78 Å². The first kappa shape index (κ1) is 36.2. The van der Waals surface area contributed by atoms with E-state index in [1.165, 1.54) is 13.2 Å². The second kappa shape index (κ2) is 14.8. The zero-order valence-corrected chi connectivity index (χ0v) is 30.2. The first-order valence-corrected chi connectivity index (χ1v) is 18.4. The molecule has 3 fully saturated rings. The number of nitrogens with zero attached hydrogens (tertiary/aromatic N) is 7. The lowest BCUT2D eigenvalue weighted by atomic mass is 9.85. The third kappa shape index (κ3) is 7.50. The summed E-state index contributed by atoms with van der Waals surface area (Å²) in [5.41, 5.74) is 2.15. The maximum Gasteiger partial charge on any atom is 0.433 e. The van der Waals surface area contributed by atoms with E-state index >= 15 is 0 Å². The Morgan fingerprint density at radius 1 is 0.964 bits per heavy atom. The van der Waals surface area contributed by atoms with Crippen molar-refractivity contribution in [3.8, 4) is 5.75 Å². The summed E-state index contributed by atoms with van der Waals surface area (Å²) in [7, 11) is 1.46. The highest BCUT2D eigenvalue weighted by Crippen LogP contribution is 2.37. The van der Waals surface area contributed by atoms with Gasteiger partial charge in [0.05, 0.1) is 41.2 Å². The minimum atomic E-state index is -4.66. The van der Waals surface area contributed by atoms with Gasteiger partial charge in [-0.15, -0.1) is 0 Å². The summed E-state index contributed by atoms with van der Waals surface area (Å²) < 4.78 is 47.0. The third-order valence-electron chi connectivity index (χ3n) is 10.9. The number of anilines is 3. The molecule has 0 spiro atoms. The van der Waals surface area contributed by atoms with E-state index in [-0.39, 0.29) is 24.1 Å². The largest absolute Gasteiger partial charge is 0.494 e. The number of rotatable bonds is 8. The lowest BCUT2D eigenvalue weighted by Crippen LogP contribution is -2.49. The number of alkyl halides is 3. The summed E-state index contributed by atoms with van der Waals surface area (Å²) in [6, 6.07) is 14.3. The fourth-order valence-electron chi connectivity index (χ4n) is 7.99. The normalized spacial score (nSPS) is 19.9. The number of nitrogens with one attached hydrogen (secondary N) is 2. The molecule has 0 unspecified atom stereocenters. The van der Waals surface area contributed by atoms with Gasteiger partial charge in [0.15, 0.2) is 0 Å². The zero-order valence-electron chi connectivity index (χ0n) is 30.2. The van der Waals surface area contributed by atoms with Crippen molar-refractivity contribution >= 4 is 56.7 Å². The number of pyridine rings is 2. The van der Waals surface area contributed by atoms with E-state index in [0.717, 1.165) is 98.2 Å². The summed E-state index contributed by atoms with van der Waals surface area (Å²) >= 11 is 0. The zero-order chi connectivity index (χ0) is 38.3. The molecule has 3 aromatic heterocycles. The first-order valence-electron chi connectivity index (χ1n) is 18.4. The number of benzene rings is 2. The van der Waals surface area contributed by atoms with Crippen LogP contribution in [0.1, 0.15) is 54.3 Å². The molecular formula is C39H40F3N9O4. The number of fused-ring (bicyclic) bond motifs is 2. The number of urea groups is 1. The molecule has 0 radical (unpaired) electrons. The second-order valence-corrected chi connectivity index (χ2v) is 14.3. The number of ether oxygens (including phenoxy) is 1. The Bertz CT molecular complexity index is 2260. The molecule has 55 heavy (non-hydrogen) atoms. The molecule has 0 bridgehead atoms. The molecule has 5 heterocycles. The third-order valence-corrected chi connectivity index (χ3v) is 10.9. The monoisotopic (exact) mass is 755 g/mol. The summed E-state index contributed by atoms with van der Waals surface area (Å²) in [5, 5.41) is 11.6. The van der Waals surface area contributed by atoms with E-state index in [1.807, 2.05) is 29.1 Å². The number of carbonyl (C=O) groups is 3. The van der Waals surface area contributed by atoms with Crippen molar-refractivity contribution in [3.63, 3.8) is 0 Å². The van der Waals surface area contributed by atoms with Crippen molar-refractivity contribution in [1.82, 2.24) is 30.0 Å². The van der Waals surface area contributed by atoms with Crippen molar-refractivity contribution in [2.75, 3.05) is 61.5 Å². The molecule has 1 saturated carbocycles. The molecule has 16 heteroatoms. The number of halogens is 3. The topological polar surface area (TPSA) is 138 Å². The van der Waals surface area contributed by atoms with E-state index in [0.29, 0.717) is 29.4 Å². The van der Waals surface area contributed by atoms with E-state index in [1.54, 1.807) is 23.2 Å². The van der Waals surface area contributed by atoms with Crippen molar-refractivity contribution < 1.29 is 32.3 Å². The van der Waals surface area contributed by atoms with Gasteiger partial charge in [-0.1, -0.05) is 18.2 Å². The van der Waals surface area contributed by atoms with Gasteiger partial charge in [0.2, 0.25) is 5.91 Å². The number of piperazine rings is 1. The van der Waals surface area contributed by atoms with Gasteiger partial charge in [0.25, 0.3) is 5.91 Å². The number of hydrogen-bond donors (Lipinski definition) is 2. The van der Waals surface area contributed by atoms with Gasteiger partial charge in [-0.05, 0) is 61.9 Å². The van der Waals surface area contributed by atoms with Crippen LogP contribution in [0.2, 0.25) is 0 Å². The molecule has 286 valence electrons. The van der Waals surface area contributed by atoms with Crippen LogP contribution in [0.15, 0.2) is 67.0 Å². The fraction of sp³-hybridized carbons (Fsp3) is 0.385. The van der Waals surface area contributed by atoms with Gasteiger partial charge < -0.3 is 15.0 Å². The summed E-state index contributed by atoms with van der Waals surface area (Å²) in [6.45, 7) is 4.95. The standard InChI is InChI=1S/C39H40F3N9O4/c1-55-33-21-29-25(20-30(33)45-37(53)28-5-3-7-34(44-28)39(40,41)42)23-51(47-29)26-10-8-24(9-11-26)22-48-16-18-49(19-17-48)32-6-2-4-27-31(12-14-43-36(27)32)50-15-13-35(52)46-38(50)54/h2-7,12,14,20-21,23-24,26H,8-11,13,15-19,22H2,1H3,(H,45,53)(H,46,52,54)/t24-,26-. The van der Waals surface area contributed by atoms with E-state index in [9.17, 15) is 27.6 Å². The van der Waals surface area contributed by atoms with Crippen LogP contribution in [0.3, 0.4) is 0 Å². The van der Waals surface area contributed by atoms with Crippen LogP contribution in [0.4, 0.5) is 35.0 Å². The Kier molecular flexibility index (Phi) is 9.75. The van der Waals surface area contributed by atoms with Gasteiger partial charge >= 0.3 is 12.2 Å². The van der Waals surface area contributed by atoms with Crippen molar-refractivity contribution in [2.45, 2.75) is 44.3 Å². The minimum absolute atomic E-state index is 0.221. The predicted molar refractivity (Wildman–Crippen MR) is 200 cm³/mol. The molecule has 3 aliphatic rings. The van der Waals surface area contributed by atoms with Crippen LogP contribution in [-0.4, -0.2) is 88.9 Å². The number of imide groups is 1. The Labute approximate surface area is 314 Å². The number of amides is 4. The molecule has 2 saturated heterocycles. The fourth-order valence-corrected chi connectivity index (χ4v) is 7.99. The minimum Gasteiger partial charge on any atom is -0.494 e. The highest BCUT2D eigenvalue weighted by atomic mass is 19.4. The molecule has 2 aliphatic heterocycles. The number of hydrogen-bond acceptors (Lipinski definition) is 9. The SMILES string of the molecule is COc1cc2nn([C@H]3CC[C@H](CN4CCN(c5cccc6c(N7CCC(=O)NC7=O)ccnc56)CC4)CC3)cc2cc1NC(=O)c1cccc(C(F)(F)F)n1. The van der Waals surface area contributed by atoms with E-state index in [2.05, 4.69) is 31.5 Å². The second-order valence-electron chi connectivity index (χ2n) is 14.3. The van der Waals surface area contributed by atoms with Crippen molar-refractivity contribution in [3.05, 3.63) is 78.4 Å². The lowest BCUT2D eigenvalue weighted by Gasteiger charge is -2.39. The quantitative estimate of drug-likeness (QED) is 0.188. The predicted octanol–water partition coefficient (Wildman–Crippen LogP) is 6.26. The first-order chi connectivity index (χ1) is 26.5. The molecule has 13 nitrogen and oxygen atoms in total. The summed E-state index contributed by atoms with van der Waals surface area (Å²) in [4.78, 5) is 51.9. The van der Waals surface area contributed by atoms with Crippen LogP contribution >= 0.6 is 0 Å². The molecule has 8 rings (SSSR count). The lowest BCUT2D eigenvalue weighted by molar-refractivity contribution is -0.141. The molecule has 0 atom stereocenters. The molecule has 2 aromatic carbocycles. The van der Waals surface area contributed by atoms with E-state index in [4.69, 9.17) is 14.8 Å². The average molecular weight is 756 g/mol. The van der Waals surface area contributed by atoms with Crippen LogP contribution in [-0.2, 0) is 11.0 Å². The number of aromatic nitrogens is 4. The molecule has 1 aliphatic carbocycles. The van der Waals surface area contributed by atoms with Gasteiger partial charge in [-0.2, -0.15) is 18.3 Å². The highest BCUT2D eigenvalue weighted by Gasteiger charge is 2.33. The summed E-state index contributed by atoms with van der Waals surface area (Å²) in [5.74, 6) is -0.126. The smallest absolute Gasteiger partial charge is 0.433 e. The highest BCUT2D eigenvalue weighted by molar-refractivity contribution is 6.10. The van der Waals surface area contributed by atoms with Crippen LogP contribution in [0.25, 0.3) is 21.8 Å². The molecule has 2 N–H and O–H groups in total. The number of carbonyl (C=O) groups excluding carboxylic acids is 3. The van der Waals surface area contributed by atoms with Crippen LogP contribution < -0.4 is 25.2 Å². The van der Waals surface area contributed by atoms with Crippen LogP contribution in [0, 0.1) is 5.92 Å². The molecule has 5 aromatic rings. The van der Waals surface area contributed by atoms with E-state index < -0.39 is 23.8 Å². The summed E-state index contributed by atoms with van der Waals surface area (Å²) in [6.07, 6.45) is 3.37. The van der Waals surface area contributed by atoms with Gasteiger partial charge in [0, 0.05) is 74.9 Å².